The van der Waals surface area contributed by atoms with Crippen LogP contribution in [-0.2, 0) is 6.54 Å². The first-order valence-corrected chi connectivity index (χ1v) is 6.86. The number of nitrogens with one attached hydrogen (secondary N) is 1. The zero-order valence-corrected chi connectivity index (χ0v) is 11.2. The third-order valence-electron chi connectivity index (χ3n) is 3.57. The molecular weight excluding hydrogens is 258 g/mol. The lowest BCUT2D eigenvalue weighted by molar-refractivity contribution is 0.0788. The monoisotopic (exact) mass is 277 g/mol. The smallest absolute Gasteiger partial charge is 0.115 e. The Morgan fingerprint density at radius 2 is 2.10 bits per heavy atom. The SMILES string of the molecule is OCC(O)Cn1nnc2cc(N3CCNCC3)ccc21. The van der Waals surface area contributed by atoms with Gasteiger partial charge < -0.3 is 20.4 Å². The Bertz CT molecular complexity index is 579. The third kappa shape index (κ3) is 2.60. The van der Waals surface area contributed by atoms with Gasteiger partial charge in [-0.1, -0.05) is 5.21 Å². The van der Waals surface area contributed by atoms with E-state index in [-0.39, 0.29) is 13.2 Å². The summed E-state index contributed by atoms with van der Waals surface area (Å²) < 4.78 is 1.62. The molecule has 108 valence electrons. The highest BCUT2D eigenvalue weighted by molar-refractivity contribution is 5.79. The second-order valence-electron chi connectivity index (χ2n) is 5.02. The Morgan fingerprint density at radius 1 is 1.30 bits per heavy atom. The van der Waals surface area contributed by atoms with Crippen LogP contribution in [0.2, 0.25) is 0 Å². The summed E-state index contributed by atoms with van der Waals surface area (Å²) in [6.07, 6.45) is -0.812. The minimum atomic E-state index is -0.812. The fourth-order valence-electron chi connectivity index (χ4n) is 2.47. The first-order valence-electron chi connectivity index (χ1n) is 6.86. The third-order valence-corrected chi connectivity index (χ3v) is 3.57. The van der Waals surface area contributed by atoms with E-state index < -0.39 is 6.10 Å². The van der Waals surface area contributed by atoms with Crippen LogP contribution >= 0.6 is 0 Å². The van der Waals surface area contributed by atoms with Gasteiger partial charge in [0, 0.05) is 31.9 Å². The second kappa shape index (κ2) is 5.74. The number of aliphatic hydroxyl groups is 2. The van der Waals surface area contributed by atoms with E-state index in [1.54, 1.807) is 4.68 Å². The Kier molecular flexibility index (Phi) is 3.81. The largest absolute Gasteiger partial charge is 0.394 e. The molecule has 2 aromatic rings. The molecular formula is C13H19N5O2. The highest BCUT2D eigenvalue weighted by Gasteiger charge is 2.13. The first kappa shape index (κ1) is 13.3. The lowest BCUT2D eigenvalue weighted by Gasteiger charge is -2.29. The molecule has 0 saturated carbocycles. The number of aliphatic hydroxyl groups excluding tert-OH is 2. The molecule has 1 saturated heterocycles. The lowest BCUT2D eigenvalue weighted by Crippen LogP contribution is -2.43. The number of rotatable bonds is 4. The topological polar surface area (TPSA) is 86.4 Å². The van der Waals surface area contributed by atoms with Crippen molar-refractivity contribution in [1.82, 2.24) is 20.3 Å². The summed E-state index contributed by atoms with van der Waals surface area (Å²) in [6.45, 7) is 3.94. The molecule has 0 aliphatic carbocycles. The first-order chi connectivity index (χ1) is 9.78. The van der Waals surface area contributed by atoms with Crippen LogP contribution in [0.15, 0.2) is 18.2 Å². The van der Waals surface area contributed by atoms with E-state index in [1.165, 1.54) is 0 Å². The average molecular weight is 277 g/mol. The van der Waals surface area contributed by atoms with Crippen LogP contribution in [-0.4, -0.2) is 64.1 Å². The summed E-state index contributed by atoms with van der Waals surface area (Å²) in [5.41, 5.74) is 2.83. The number of hydrogen-bond acceptors (Lipinski definition) is 6. The molecule has 1 aliphatic rings. The van der Waals surface area contributed by atoms with Gasteiger partial charge >= 0.3 is 0 Å². The van der Waals surface area contributed by atoms with Crippen molar-refractivity contribution in [2.45, 2.75) is 12.6 Å². The molecule has 3 N–H and O–H groups in total. The van der Waals surface area contributed by atoms with E-state index in [4.69, 9.17) is 5.11 Å². The number of piperazine rings is 1. The Labute approximate surface area is 116 Å². The Hall–Kier alpha value is -1.70. The molecule has 0 spiro atoms. The highest BCUT2D eigenvalue weighted by atomic mass is 16.3. The normalized spacial score (nSPS) is 17.6. The Balaban J connectivity index is 1.85. The minimum Gasteiger partial charge on any atom is -0.394 e. The summed E-state index contributed by atoms with van der Waals surface area (Å²) in [7, 11) is 0. The molecule has 7 nitrogen and oxygen atoms in total. The summed E-state index contributed by atoms with van der Waals surface area (Å²) in [6, 6.07) is 6.05. The van der Waals surface area contributed by atoms with Crippen molar-refractivity contribution in [3.63, 3.8) is 0 Å². The van der Waals surface area contributed by atoms with Crippen molar-refractivity contribution in [3.8, 4) is 0 Å². The van der Waals surface area contributed by atoms with Gasteiger partial charge in [0.2, 0.25) is 0 Å². The second-order valence-corrected chi connectivity index (χ2v) is 5.02. The molecule has 1 aromatic carbocycles. The van der Waals surface area contributed by atoms with E-state index in [0.717, 1.165) is 42.9 Å². The predicted molar refractivity (Wildman–Crippen MR) is 75.7 cm³/mol. The molecule has 1 unspecified atom stereocenters. The van der Waals surface area contributed by atoms with Gasteiger partial charge in [0.05, 0.1) is 24.8 Å². The molecule has 20 heavy (non-hydrogen) atoms. The summed E-state index contributed by atoms with van der Waals surface area (Å²) in [5.74, 6) is 0. The maximum absolute atomic E-state index is 9.49. The van der Waals surface area contributed by atoms with Crippen LogP contribution in [0.1, 0.15) is 0 Å². The molecule has 1 atom stereocenters. The quantitative estimate of drug-likeness (QED) is 0.678. The van der Waals surface area contributed by atoms with Crippen molar-refractivity contribution in [2.24, 2.45) is 0 Å². The van der Waals surface area contributed by atoms with Crippen molar-refractivity contribution in [3.05, 3.63) is 18.2 Å². The van der Waals surface area contributed by atoms with Gasteiger partial charge in [-0.05, 0) is 18.2 Å². The average Bonchev–Trinajstić information content (AvgIpc) is 2.90. The van der Waals surface area contributed by atoms with Gasteiger partial charge in [-0.3, -0.25) is 0 Å². The zero-order valence-electron chi connectivity index (χ0n) is 11.2. The van der Waals surface area contributed by atoms with Gasteiger partial charge in [0.25, 0.3) is 0 Å². The van der Waals surface area contributed by atoms with E-state index >= 15 is 0 Å². The van der Waals surface area contributed by atoms with Crippen molar-refractivity contribution < 1.29 is 10.2 Å². The van der Waals surface area contributed by atoms with Gasteiger partial charge in [-0.25, -0.2) is 4.68 Å². The highest BCUT2D eigenvalue weighted by Crippen LogP contribution is 2.21. The van der Waals surface area contributed by atoms with Crippen LogP contribution in [0.25, 0.3) is 11.0 Å². The van der Waals surface area contributed by atoms with E-state index in [2.05, 4.69) is 26.6 Å². The zero-order chi connectivity index (χ0) is 13.9. The molecule has 1 aromatic heterocycles. The predicted octanol–water partition coefficient (Wildman–Crippen LogP) is -0.806. The van der Waals surface area contributed by atoms with E-state index in [9.17, 15) is 5.11 Å². The molecule has 0 amide bonds. The van der Waals surface area contributed by atoms with E-state index in [1.807, 2.05) is 12.1 Å². The van der Waals surface area contributed by atoms with Gasteiger partial charge in [-0.2, -0.15) is 0 Å². The van der Waals surface area contributed by atoms with Crippen molar-refractivity contribution >= 4 is 16.7 Å². The molecule has 7 heteroatoms. The number of benzene rings is 1. The van der Waals surface area contributed by atoms with Crippen LogP contribution in [0.5, 0.6) is 0 Å². The van der Waals surface area contributed by atoms with Crippen LogP contribution in [0.3, 0.4) is 0 Å². The maximum Gasteiger partial charge on any atom is 0.115 e. The van der Waals surface area contributed by atoms with Crippen molar-refractivity contribution in [2.75, 3.05) is 37.7 Å². The maximum atomic E-state index is 9.49. The van der Waals surface area contributed by atoms with Crippen LogP contribution in [0.4, 0.5) is 5.69 Å². The molecule has 3 rings (SSSR count). The molecule has 2 heterocycles. The van der Waals surface area contributed by atoms with Gasteiger partial charge in [0.1, 0.15) is 5.52 Å². The number of aromatic nitrogens is 3. The van der Waals surface area contributed by atoms with Crippen molar-refractivity contribution in [1.29, 1.82) is 0 Å². The fourth-order valence-corrected chi connectivity index (χ4v) is 2.47. The molecule has 1 aliphatic heterocycles. The van der Waals surface area contributed by atoms with Crippen LogP contribution < -0.4 is 10.2 Å². The lowest BCUT2D eigenvalue weighted by atomic mass is 10.2. The van der Waals surface area contributed by atoms with E-state index in [0.29, 0.717) is 0 Å². The molecule has 0 bridgehead atoms. The number of anilines is 1. The number of hydrogen-bond donors (Lipinski definition) is 3. The molecule has 0 radical (unpaired) electrons. The molecule has 1 fully saturated rings. The summed E-state index contributed by atoms with van der Waals surface area (Å²) in [4.78, 5) is 2.32. The minimum absolute atomic E-state index is 0.250. The fraction of sp³-hybridized carbons (Fsp3) is 0.538. The number of fused-ring (bicyclic) bond motifs is 1. The standard InChI is InChI=1S/C13H19N5O2/c19-9-11(20)8-18-13-2-1-10(7-12(13)15-16-18)17-5-3-14-4-6-17/h1-2,7,11,14,19-20H,3-6,8-9H2. The summed E-state index contributed by atoms with van der Waals surface area (Å²) in [5, 5.41) is 29.9. The Morgan fingerprint density at radius 3 is 2.85 bits per heavy atom. The van der Waals surface area contributed by atoms with Gasteiger partial charge in [-0.15, -0.1) is 5.10 Å². The summed E-state index contributed by atoms with van der Waals surface area (Å²) >= 11 is 0. The van der Waals surface area contributed by atoms with Gasteiger partial charge in [0.15, 0.2) is 0 Å². The number of nitrogens with zero attached hydrogens (tertiary/aromatic N) is 4. The van der Waals surface area contributed by atoms with Crippen LogP contribution in [0, 0.1) is 0 Å².